The Kier molecular flexibility index (Phi) is 2.47. The van der Waals surface area contributed by atoms with Crippen LogP contribution in [0.2, 0.25) is 0 Å². The van der Waals surface area contributed by atoms with Crippen molar-refractivity contribution in [3.8, 4) is 0 Å². The highest BCUT2D eigenvalue weighted by Gasteiger charge is 2.13. The van der Waals surface area contributed by atoms with E-state index < -0.39 is 9.05 Å². The summed E-state index contributed by atoms with van der Waals surface area (Å²) in [6.45, 7) is 0. The van der Waals surface area contributed by atoms with Gasteiger partial charge in [0.1, 0.15) is 0 Å². The molecule has 2 nitrogen and oxygen atoms in total. The lowest BCUT2D eigenvalue weighted by molar-refractivity contribution is 0.615. The molecule has 0 heterocycles. The molecule has 0 aromatic carbocycles. The van der Waals surface area contributed by atoms with Crippen molar-refractivity contribution < 1.29 is 8.42 Å². The Morgan fingerprint density at radius 2 is 2.18 bits per heavy atom. The van der Waals surface area contributed by atoms with E-state index in [2.05, 4.69) is 0 Å². The average Bonchev–Trinajstić information content (AvgIpc) is 1.86. The van der Waals surface area contributed by atoms with E-state index in [0.29, 0.717) is 11.3 Å². The van der Waals surface area contributed by atoms with Crippen molar-refractivity contribution in [2.75, 3.05) is 0 Å². The summed E-state index contributed by atoms with van der Waals surface area (Å²) in [6, 6.07) is 0. The Balaban J connectivity index is 3.08. The molecule has 0 aromatic heterocycles. The van der Waals surface area contributed by atoms with E-state index in [1.165, 1.54) is 12.2 Å². The second kappa shape index (κ2) is 3.05. The fraction of sp³-hybridized carbons (Fsp3) is 0.167. The summed E-state index contributed by atoms with van der Waals surface area (Å²) in [5, 5.41) is 0. The Labute approximate surface area is 75.0 Å². The van der Waals surface area contributed by atoms with Crippen molar-refractivity contribution in [1.29, 1.82) is 0 Å². The molecular weight excluding hydrogens is 204 g/mol. The molecule has 0 atom stereocenters. The molecule has 0 amide bonds. The smallest absolute Gasteiger partial charge is 0.207 e. The molecule has 0 unspecified atom stereocenters. The Morgan fingerprint density at radius 3 is 2.55 bits per heavy atom. The van der Waals surface area contributed by atoms with E-state index in [1.54, 1.807) is 6.08 Å². The van der Waals surface area contributed by atoms with Crippen molar-refractivity contribution in [2.45, 2.75) is 6.42 Å². The van der Waals surface area contributed by atoms with Crippen LogP contribution in [0, 0.1) is 0 Å². The molecule has 60 valence electrons. The van der Waals surface area contributed by atoms with Gasteiger partial charge in [0.25, 0.3) is 9.05 Å². The number of halogens is 1. The average molecular weight is 209 g/mol. The minimum Gasteiger partial charge on any atom is -0.207 e. The van der Waals surface area contributed by atoms with Crippen LogP contribution in [0.4, 0.5) is 0 Å². The van der Waals surface area contributed by atoms with Gasteiger partial charge < -0.3 is 0 Å². The number of hydrogen-bond acceptors (Lipinski definition) is 3. The highest BCUT2D eigenvalue weighted by molar-refractivity contribution is 8.17. The first-order chi connectivity index (χ1) is 5.00. The molecule has 0 aliphatic heterocycles. The second-order valence-electron chi connectivity index (χ2n) is 2.06. The fourth-order valence-electron chi connectivity index (χ4n) is 0.709. The summed E-state index contributed by atoms with van der Waals surface area (Å²) in [5.74, 6) is 0. The number of allylic oxidation sites excluding steroid dienone is 3. The minimum absolute atomic E-state index is 0.0791. The van der Waals surface area contributed by atoms with Gasteiger partial charge in [-0.05, 0) is 12.2 Å². The van der Waals surface area contributed by atoms with Crippen LogP contribution in [0.3, 0.4) is 0 Å². The maximum Gasteiger partial charge on any atom is 0.261 e. The third kappa shape index (κ3) is 2.39. The molecule has 1 rings (SSSR count). The molecule has 0 N–H and O–H groups in total. The van der Waals surface area contributed by atoms with Crippen molar-refractivity contribution >= 4 is 36.8 Å². The molecule has 0 spiro atoms. The summed E-state index contributed by atoms with van der Waals surface area (Å²) < 4.78 is 21.4. The molecule has 0 aromatic rings. The zero-order valence-corrected chi connectivity index (χ0v) is 7.84. The molecule has 0 fully saturated rings. The molecule has 0 bridgehead atoms. The third-order valence-electron chi connectivity index (χ3n) is 1.19. The molecule has 5 heteroatoms. The van der Waals surface area contributed by atoms with Gasteiger partial charge in [0.15, 0.2) is 0 Å². The largest absolute Gasteiger partial charge is 0.261 e. The number of rotatable bonds is 1. The Hall–Kier alpha value is -0.190. The monoisotopic (exact) mass is 208 g/mol. The van der Waals surface area contributed by atoms with Crippen LogP contribution < -0.4 is 0 Å². The highest BCUT2D eigenvalue weighted by atomic mass is 35.7. The van der Waals surface area contributed by atoms with Crippen LogP contribution in [0.5, 0.6) is 0 Å². The zero-order valence-electron chi connectivity index (χ0n) is 5.45. The van der Waals surface area contributed by atoms with Crippen molar-refractivity contribution in [3.05, 3.63) is 23.1 Å². The van der Waals surface area contributed by atoms with Crippen LogP contribution >= 0.6 is 22.9 Å². The summed E-state index contributed by atoms with van der Waals surface area (Å²) in [4.78, 5) is 0.669. The van der Waals surface area contributed by atoms with Gasteiger partial charge in [-0.1, -0.05) is 18.3 Å². The van der Waals surface area contributed by atoms with Gasteiger partial charge in [-0.25, -0.2) is 8.42 Å². The van der Waals surface area contributed by atoms with Gasteiger partial charge in [-0.3, -0.25) is 0 Å². The normalized spacial score (nSPS) is 18.3. The molecular formula is C6H5ClO2S2. The van der Waals surface area contributed by atoms with Crippen molar-refractivity contribution in [3.63, 3.8) is 0 Å². The summed E-state index contributed by atoms with van der Waals surface area (Å²) in [5.41, 5.74) is 0. The Bertz CT molecular complexity index is 338. The zero-order chi connectivity index (χ0) is 8.48. The summed E-state index contributed by atoms with van der Waals surface area (Å²) in [6.07, 6.45) is 5.15. The van der Waals surface area contributed by atoms with Gasteiger partial charge in [0, 0.05) is 22.0 Å². The molecule has 0 saturated carbocycles. The lowest BCUT2D eigenvalue weighted by atomic mass is 10.2. The van der Waals surface area contributed by atoms with Crippen molar-refractivity contribution in [1.82, 2.24) is 0 Å². The van der Waals surface area contributed by atoms with E-state index in [4.69, 9.17) is 22.9 Å². The molecule has 1 aliphatic carbocycles. The predicted octanol–water partition coefficient (Wildman–Crippen LogP) is 1.77. The first kappa shape index (κ1) is 8.90. The molecule has 0 radical (unpaired) electrons. The summed E-state index contributed by atoms with van der Waals surface area (Å²) >= 11 is 4.80. The Morgan fingerprint density at radius 1 is 1.55 bits per heavy atom. The van der Waals surface area contributed by atoms with Gasteiger partial charge in [-0.15, -0.1) is 0 Å². The first-order valence-electron chi connectivity index (χ1n) is 2.86. The van der Waals surface area contributed by atoms with E-state index in [-0.39, 0.29) is 4.91 Å². The third-order valence-corrected chi connectivity index (χ3v) is 2.82. The quantitative estimate of drug-likeness (QED) is 0.487. The van der Waals surface area contributed by atoms with E-state index in [9.17, 15) is 8.42 Å². The van der Waals surface area contributed by atoms with E-state index in [0.717, 1.165) is 0 Å². The van der Waals surface area contributed by atoms with Crippen LogP contribution in [0.1, 0.15) is 6.42 Å². The highest BCUT2D eigenvalue weighted by Crippen LogP contribution is 2.17. The van der Waals surface area contributed by atoms with Crippen LogP contribution in [-0.2, 0) is 9.05 Å². The minimum atomic E-state index is -3.60. The van der Waals surface area contributed by atoms with Crippen LogP contribution in [-0.4, -0.2) is 13.3 Å². The lowest BCUT2D eigenvalue weighted by Gasteiger charge is -2.02. The van der Waals surface area contributed by atoms with Crippen molar-refractivity contribution in [2.24, 2.45) is 0 Å². The van der Waals surface area contributed by atoms with Gasteiger partial charge in [0.05, 0.1) is 4.91 Å². The molecule has 1 aliphatic rings. The van der Waals surface area contributed by atoms with E-state index in [1.807, 2.05) is 0 Å². The van der Waals surface area contributed by atoms with E-state index >= 15 is 0 Å². The van der Waals surface area contributed by atoms with Gasteiger partial charge >= 0.3 is 0 Å². The number of thiocarbonyl (C=S) groups is 1. The maximum atomic E-state index is 10.7. The summed E-state index contributed by atoms with van der Waals surface area (Å²) in [7, 11) is 1.47. The SMILES string of the molecule is O=S(=O)(Cl)C1=CC(=S)CC=C1. The van der Waals surface area contributed by atoms with Gasteiger partial charge in [-0.2, -0.15) is 0 Å². The lowest BCUT2D eigenvalue weighted by Crippen LogP contribution is -2.00. The van der Waals surface area contributed by atoms with Crippen LogP contribution in [0.15, 0.2) is 23.1 Å². The second-order valence-corrected chi connectivity index (χ2v) is 5.15. The predicted molar refractivity (Wildman–Crippen MR) is 49.2 cm³/mol. The molecule has 0 saturated heterocycles. The van der Waals surface area contributed by atoms with Gasteiger partial charge in [0.2, 0.25) is 0 Å². The number of hydrogen-bond donors (Lipinski definition) is 0. The maximum absolute atomic E-state index is 10.7. The topological polar surface area (TPSA) is 34.1 Å². The standard InChI is InChI=1S/C6H5ClO2S2/c7-11(8,9)6-3-1-2-5(10)4-6/h1,3-4H,2H2. The molecule has 11 heavy (non-hydrogen) atoms. The first-order valence-corrected chi connectivity index (χ1v) is 5.57. The van der Waals surface area contributed by atoms with Crippen LogP contribution in [0.25, 0.3) is 0 Å². The fourth-order valence-corrected chi connectivity index (χ4v) is 1.84.